The molecule has 2 aromatic rings. The lowest BCUT2D eigenvalue weighted by atomic mass is 10.1. The molecule has 156 valence electrons. The van der Waals surface area contributed by atoms with Crippen LogP contribution in [0.5, 0.6) is 5.75 Å². The van der Waals surface area contributed by atoms with E-state index in [-0.39, 0.29) is 22.1 Å². The van der Waals surface area contributed by atoms with Crippen LogP contribution in [0.4, 0.5) is 10.5 Å². The smallest absolute Gasteiger partial charge is 0.328 e. The number of ether oxygens (including phenoxy) is 2. The van der Waals surface area contributed by atoms with Crippen molar-refractivity contribution in [2.45, 2.75) is 13.0 Å². The molecule has 1 aliphatic heterocycles. The SMILES string of the molecule is COC(=O)[C@@H](C)N1C(=O)S/C(=C\c2ccc(-c3cc([N+](=O)[O-])ccc3OC)o2)C1=O. The van der Waals surface area contributed by atoms with Gasteiger partial charge in [-0.2, -0.15) is 0 Å². The number of thioether (sulfide) groups is 1. The Kier molecular flexibility index (Phi) is 5.92. The number of carbonyl (C=O) groups excluding carboxylic acids is 3. The minimum Gasteiger partial charge on any atom is -0.496 e. The molecule has 2 amide bonds. The number of non-ortho nitro benzene ring substituents is 1. The maximum absolute atomic E-state index is 12.6. The number of esters is 1. The Morgan fingerprint density at radius 1 is 1.27 bits per heavy atom. The monoisotopic (exact) mass is 432 g/mol. The molecule has 1 fully saturated rings. The van der Waals surface area contributed by atoms with Gasteiger partial charge in [-0.3, -0.25) is 24.6 Å². The molecule has 0 saturated carbocycles. The number of nitrogens with zero attached hydrogens (tertiary/aromatic N) is 2. The van der Waals surface area contributed by atoms with Crippen LogP contribution in [-0.2, 0) is 14.3 Å². The maximum atomic E-state index is 12.6. The summed E-state index contributed by atoms with van der Waals surface area (Å²) in [5, 5.41) is 10.5. The van der Waals surface area contributed by atoms with Crippen molar-refractivity contribution >= 4 is 40.6 Å². The molecule has 1 atom stereocenters. The van der Waals surface area contributed by atoms with Crippen LogP contribution < -0.4 is 4.74 Å². The number of furan rings is 1. The van der Waals surface area contributed by atoms with Crippen LogP contribution in [0, 0.1) is 10.1 Å². The van der Waals surface area contributed by atoms with Gasteiger partial charge in [0.15, 0.2) is 0 Å². The van der Waals surface area contributed by atoms with Gasteiger partial charge < -0.3 is 13.9 Å². The Bertz CT molecular complexity index is 1070. The number of amides is 2. The minimum atomic E-state index is -1.06. The van der Waals surface area contributed by atoms with Gasteiger partial charge >= 0.3 is 5.97 Å². The van der Waals surface area contributed by atoms with E-state index in [1.165, 1.54) is 45.4 Å². The topological polar surface area (TPSA) is 129 Å². The lowest BCUT2D eigenvalue weighted by molar-refractivity contribution is -0.384. The normalized spacial score (nSPS) is 16.1. The van der Waals surface area contributed by atoms with Gasteiger partial charge in [-0.05, 0) is 36.9 Å². The van der Waals surface area contributed by atoms with Crippen molar-refractivity contribution in [3.8, 4) is 17.1 Å². The highest BCUT2D eigenvalue weighted by Crippen LogP contribution is 2.37. The zero-order valence-corrected chi connectivity index (χ0v) is 16.9. The molecule has 30 heavy (non-hydrogen) atoms. The van der Waals surface area contributed by atoms with Gasteiger partial charge in [-0.15, -0.1) is 0 Å². The third-order valence-corrected chi connectivity index (χ3v) is 5.20. The zero-order valence-electron chi connectivity index (χ0n) is 16.1. The Hall–Kier alpha value is -3.60. The lowest BCUT2D eigenvalue weighted by Crippen LogP contribution is -2.42. The number of nitro groups is 1. The van der Waals surface area contributed by atoms with Gasteiger partial charge in [0.1, 0.15) is 23.3 Å². The van der Waals surface area contributed by atoms with Crippen molar-refractivity contribution in [2.75, 3.05) is 14.2 Å². The van der Waals surface area contributed by atoms with Crippen LogP contribution in [0.15, 0.2) is 39.7 Å². The van der Waals surface area contributed by atoms with Gasteiger partial charge in [0.25, 0.3) is 16.8 Å². The van der Waals surface area contributed by atoms with Crippen LogP contribution in [0.2, 0.25) is 0 Å². The van der Waals surface area contributed by atoms with Crippen molar-refractivity contribution in [1.82, 2.24) is 4.90 Å². The summed E-state index contributed by atoms with van der Waals surface area (Å²) in [6.45, 7) is 1.39. The molecular weight excluding hydrogens is 416 g/mol. The van der Waals surface area contributed by atoms with Gasteiger partial charge in [0, 0.05) is 18.2 Å². The highest BCUT2D eigenvalue weighted by atomic mass is 32.2. The predicted molar refractivity (Wildman–Crippen MR) is 107 cm³/mol. The first-order chi connectivity index (χ1) is 14.3. The summed E-state index contributed by atoms with van der Waals surface area (Å²) in [7, 11) is 2.59. The fourth-order valence-corrected chi connectivity index (χ4v) is 3.68. The molecule has 0 spiro atoms. The molecule has 1 aromatic heterocycles. The minimum absolute atomic E-state index is 0.0719. The Morgan fingerprint density at radius 3 is 2.63 bits per heavy atom. The number of nitro benzene ring substituents is 1. The van der Waals surface area contributed by atoms with Crippen molar-refractivity contribution < 1.29 is 33.2 Å². The summed E-state index contributed by atoms with van der Waals surface area (Å²) in [4.78, 5) is 47.8. The second-order valence-corrected chi connectivity index (χ2v) is 7.09. The highest BCUT2D eigenvalue weighted by molar-refractivity contribution is 8.18. The number of rotatable bonds is 6. The average molecular weight is 432 g/mol. The lowest BCUT2D eigenvalue weighted by Gasteiger charge is -2.18. The van der Waals surface area contributed by atoms with Gasteiger partial charge in [-0.25, -0.2) is 4.79 Å². The molecule has 0 radical (unpaired) electrons. The quantitative estimate of drug-likeness (QED) is 0.291. The maximum Gasteiger partial charge on any atom is 0.328 e. The van der Waals surface area contributed by atoms with Gasteiger partial charge in [0.2, 0.25) is 0 Å². The van der Waals surface area contributed by atoms with E-state index in [2.05, 4.69) is 4.74 Å². The molecule has 1 aliphatic rings. The first-order valence-corrected chi connectivity index (χ1v) is 9.36. The molecule has 1 saturated heterocycles. The zero-order chi connectivity index (χ0) is 22.0. The third kappa shape index (κ3) is 3.92. The van der Waals surface area contributed by atoms with E-state index in [1.54, 1.807) is 12.1 Å². The molecule has 0 N–H and O–H groups in total. The predicted octanol–water partition coefficient (Wildman–Crippen LogP) is 3.46. The van der Waals surface area contributed by atoms with Crippen molar-refractivity contribution in [1.29, 1.82) is 0 Å². The molecule has 3 rings (SSSR count). The Morgan fingerprint density at radius 2 is 2.00 bits per heavy atom. The summed E-state index contributed by atoms with van der Waals surface area (Å²) < 4.78 is 15.5. The number of hydrogen-bond donors (Lipinski definition) is 0. The van der Waals surface area contributed by atoms with E-state index in [0.717, 1.165) is 4.90 Å². The van der Waals surface area contributed by atoms with E-state index in [0.29, 0.717) is 23.1 Å². The fraction of sp³-hybridized carbons (Fsp3) is 0.211. The first-order valence-electron chi connectivity index (χ1n) is 8.54. The molecule has 2 heterocycles. The Balaban J connectivity index is 1.91. The summed E-state index contributed by atoms with van der Waals surface area (Å²) in [5.74, 6) is -0.460. The van der Waals surface area contributed by atoms with Crippen LogP contribution in [-0.4, -0.2) is 47.2 Å². The molecular formula is C19H16N2O8S. The molecule has 0 bridgehead atoms. The molecule has 0 aliphatic carbocycles. The van der Waals surface area contributed by atoms with E-state index in [1.807, 2.05) is 0 Å². The highest BCUT2D eigenvalue weighted by Gasteiger charge is 2.41. The standard InChI is InChI=1S/C19H16N2O8S/c1-10(18(23)28-3)20-17(22)16(30-19(20)24)9-12-5-7-15(29-12)13-8-11(21(25)26)4-6-14(13)27-2/h4-10H,1-3H3/b16-9-/t10-/m1/s1. The summed E-state index contributed by atoms with van der Waals surface area (Å²) in [5.41, 5.74) is 0.223. The second kappa shape index (κ2) is 8.41. The molecule has 0 unspecified atom stereocenters. The van der Waals surface area contributed by atoms with Crippen LogP contribution in [0.25, 0.3) is 17.4 Å². The fourth-order valence-electron chi connectivity index (χ4n) is 2.80. The molecule has 10 nitrogen and oxygen atoms in total. The van der Waals surface area contributed by atoms with Gasteiger partial charge in [-0.1, -0.05) is 0 Å². The van der Waals surface area contributed by atoms with Crippen molar-refractivity contribution in [3.05, 3.63) is 51.1 Å². The van der Waals surface area contributed by atoms with Crippen LogP contribution in [0.3, 0.4) is 0 Å². The van der Waals surface area contributed by atoms with Crippen LogP contribution >= 0.6 is 11.8 Å². The number of methoxy groups -OCH3 is 2. The number of benzene rings is 1. The van der Waals surface area contributed by atoms with Crippen molar-refractivity contribution in [3.63, 3.8) is 0 Å². The third-order valence-electron chi connectivity index (χ3n) is 4.31. The summed E-state index contributed by atoms with van der Waals surface area (Å²) in [6.07, 6.45) is 1.36. The van der Waals surface area contributed by atoms with E-state index < -0.39 is 28.1 Å². The number of imide groups is 1. The van der Waals surface area contributed by atoms with Crippen LogP contribution in [0.1, 0.15) is 12.7 Å². The van der Waals surface area contributed by atoms with E-state index in [4.69, 9.17) is 9.15 Å². The average Bonchev–Trinajstić information content (AvgIpc) is 3.30. The first kappa shape index (κ1) is 21.1. The van der Waals surface area contributed by atoms with Crippen molar-refractivity contribution in [2.24, 2.45) is 0 Å². The second-order valence-electron chi connectivity index (χ2n) is 6.09. The van der Waals surface area contributed by atoms with Gasteiger partial charge in [0.05, 0.1) is 29.6 Å². The van der Waals surface area contributed by atoms with E-state index in [9.17, 15) is 24.5 Å². The number of carbonyl (C=O) groups is 3. The Labute approximate surface area is 174 Å². The van der Waals surface area contributed by atoms with E-state index >= 15 is 0 Å². The molecule has 11 heteroatoms. The summed E-state index contributed by atoms with van der Waals surface area (Å²) in [6, 6.07) is 6.13. The summed E-state index contributed by atoms with van der Waals surface area (Å²) >= 11 is 0.669. The largest absolute Gasteiger partial charge is 0.496 e. The molecule has 1 aromatic carbocycles. The number of hydrogen-bond acceptors (Lipinski definition) is 9.